The zero-order valence-corrected chi connectivity index (χ0v) is 19.3. The molecule has 36 heavy (non-hydrogen) atoms. The van der Waals surface area contributed by atoms with Crippen LogP contribution in [-0.2, 0) is 11.2 Å². The van der Waals surface area contributed by atoms with Crippen LogP contribution in [0.15, 0.2) is 66.2 Å². The monoisotopic (exact) mass is 515 g/mol. The highest BCUT2D eigenvalue weighted by atomic mass is 32.1. The minimum Gasteiger partial charge on any atom is -0.480 e. The van der Waals surface area contributed by atoms with Crippen LogP contribution in [0.4, 0.5) is 19.1 Å². The van der Waals surface area contributed by atoms with Crippen molar-refractivity contribution in [2.45, 2.75) is 24.7 Å². The van der Waals surface area contributed by atoms with Gasteiger partial charge in [0.25, 0.3) is 0 Å². The van der Waals surface area contributed by atoms with Gasteiger partial charge in [0.15, 0.2) is 0 Å². The maximum Gasteiger partial charge on any atom is 0.429 e. The molecule has 0 aliphatic heterocycles. The number of alkyl halides is 3. The third-order valence-corrected chi connectivity index (χ3v) is 5.99. The van der Waals surface area contributed by atoms with Crippen LogP contribution in [0.5, 0.6) is 5.88 Å². The van der Waals surface area contributed by atoms with Crippen molar-refractivity contribution < 1.29 is 27.8 Å². The van der Waals surface area contributed by atoms with Gasteiger partial charge in [-0.1, -0.05) is 48.5 Å². The van der Waals surface area contributed by atoms with E-state index in [9.17, 15) is 18.0 Å². The molecule has 0 radical (unpaired) electrons. The van der Waals surface area contributed by atoms with E-state index in [0.717, 1.165) is 0 Å². The third-order valence-electron chi connectivity index (χ3n) is 5.18. The van der Waals surface area contributed by atoms with Crippen molar-refractivity contribution in [3.63, 3.8) is 0 Å². The number of carbonyl (C=O) groups is 1. The summed E-state index contributed by atoms with van der Waals surface area (Å²) in [6, 6.07) is 12.8. The Kier molecular flexibility index (Phi) is 7.17. The summed E-state index contributed by atoms with van der Waals surface area (Å²) in [5.41, 5.74) is 13.0. The first kappa shape index (κ1) is 25.1. The molecule has 2 unspecified atom stereocenters. The Morgan fingerprint density at radius 1 is 1.11 bits per heavy atom. The first-order valence-corrected chi connectivity index (χ1v) is 11.4. The van der Waals surface area contributed by atoms with E-state index in [1.54, 1.807) is 41.8 Å². The zero-order valence-electron chi connectivity index (χ0n) is 18.5. The average Bonchev–Trinajstić information content (AvgIpc) is 3.37. The van der Waals surface area contributed by atoms with Gasteiger partial charge in [-0.3, -0.25) is 4.79 Å². The summed E-state index contributed by atoms with van der Waals surface area (Å²) in [7, 11) is 0. The lowest BCUT2D eigenvalue weighted by Crippen LogP contribution is -2.32. The smallest absolute Gasteiger partial charge is 0.429 e. The van der Waals surface area contributed by atoms with Crippen molar-refractivity contribution in [1.29, 1.82) is 0 Å². The highest BCUT2D eigenvalue weighted by Gasteiger charge is 2.44. The summed E-state index contributed by atoms with van der Waals surface area (Å²) in [6.45, 7) is 0. The number of carboxylic acids is 1. The van der Waals surface area contributed by atoms with Gasteiger partial charge in [-0.2, -0.15) is 18.2 Å². The van der Waals surface area contributed by atoms with Gasteiger partial charge in [0.1, 0.15) is 11.0 Å². The number of thiazole rings is 1. The fraction of sp³-hybridized carbons (Fsp3) is 0.167. The van der Waals surface area contributed by atoms with Crippen LogP contribution in [0.25, 0.3) is 21.8 Å². The largest absolute Gasteiger partial charge is 0.480 e. The number of benzene rings is 2. The first-order chi connectivity index (χ1) is 17.1. The van der Waals surface area contributed by atoms with Crippen molar-refractivity contribution in [2.75, 3.05) is 5.73 Å². The number of nitrogens with two attached hydrogens (primary N) is 2. The molecular weight excluding hydrogens is 495 g/mol. The fourth-order valence-electron chi connectivity index (χ4n) is 3.51. The molecule has 4 aromatic rings. The van der Waals surface area contributed by atoms with Gasteiger partial charge in [-0.05, 0) is 12.0 Å². The van der Waals surface area contributed by atoms with E-state index in [4.69, 9.17) is 21.3 Å². The lowest BCUT2D eigenvalue weighted by atomic mass is 10.0. The highest BCUT2D eigenvalue weighted by Crippen LogP contribution is 2.41. The van der Waals surface area contributed by atoms with E-state index < -0.39 is 24.3 Å². The van der Waals surface area contributed by atoms with Crippen molar-refractivity contribution in [3.05, 3.63) is 77.3 Å². The molecule has 0 spiro atoms. The van der Waals surface area contributed by atoms with E-state index in [1.807, 2.05) is 0 Å². The topological polar surface area (TPSA) is 137 Å². The van der Waals surface area contributed by atoms with Crippen LogP contribution in [0.2, 0.25) is 0 Å². The Morgan fingerprint density at radius 2 is 1.83 bits per heavy atom. The summed E-state index contributed by atoms with van der Waals surface area (Å²) in [5, 5.41) is 11.1. The lowest BCUT2D eigenvalue weighted by molar-refractivity contribution is -0.198. The molecule has 186 valence electrons. The maximum absolute atomic E-state index is 14.2. The molecule has 0 aliphatic carbocycles. The van der Waals surface area contributed by atoms with Crippen LogP contribution >= 0.6 is 11.3 Å². The number of rotatable bonds is 8. The molecule has 8 nitrogen and oxygen atoms in total. The number of nitrogen functional groups attached to an aromatic ring is 1. The number of aromatic nitrogens is 3. The molecule has 2 aromatic carbocycles. The second-order valence-electron chi connectivity index (χ2n) is 7.76. The molecule has 0 fully saturated rings. The number of halogens is 3. The molecular formula is C24H20F3N5O3S. The standard InChI is InChI=1S/C24H20F3N5O3S/c25-24(26,27)20(15-3-1-2-4-16(15)21-30-9-10-36-21)35-19-12-18(31-23(29)32-19)14-7-5-13(6-8-14)11-17(28)22(33)34/h1-10,12,17,20H,11,28H2,(H,33,34)(H2,29,31,32). The average molecular weight is 516 g/mol. The molecule has 0 aliphatic rings. The number of carboxylic acid groups (broad SMARTS) is 1. The normalized spacial score (nSPS) is 13.2. The summed E-state index contributed by atoms with van der Waals surface area (Å²) < 4.78 is 47.9. The van der Waals surface area contributed by atoms with E-state index >= 15 is 0 Å². The second-order valence-corrected chi connectivity index (χ2v) is 8.65. The Balaban J connectivity index is 1.65. The van der Waals surface area contributed by atoms with E-state index in [2.05, 4.69) is 15.0 Å². The molecule has 2 atom stereocenters. The Bertz CT molecular complexity index is 1350. The van der Waals surface area contributed by atoms with Gasteiger partial charge in [0.05, 0.1) is 5.69 Å². The molecule has 2 heterocycles. The first-order valence-electron chi connectivity index (χ1n) is 10.6. The molecule has 12 heteroatoms. The van der Waals surface area contributed by atoms with Gasteiger partial charge >= 0.3 is 12.1 Å². The predicted molar refractivity (Wildman–Crippen MR) is 128 cm³/mol. The minimum atomic E-state index is -4.77. The fourth-order valence-corrected chi connectivity index (χ4v) is 4.19. The highest BCUT2D eigenvalue weighted by molar-refractivity contribution is 7.13. The summed E-state index contributed by atoms with van der Waals surface area (Å²) in [5.74, 6) is -1.75. The predicted octanol–water partition coefficient (Wildman–Crippen LogP) is 4.49. The van der Waals surface area contributed by atoms with Crippen LogP contribution in [0, 0.1) is 0 Å². The SMILES string of the molecule is Nc1nc(OC(c2ccccc2-c2nccs2)C(F)(F)F)cc(-c2ccc(CC(N)C(=O)O)cc2)n1. The van der Waals surface area contributed by atoms with Gasteiger partial charge in [-0.25, -0.2) is 9.97 Å². The van der Waals surface area contributed by atoms with Crippen LogP contribution in [0.1, 0.15) is 17.2 Å². The van der Waals surface area contributed by atoms with E-state index in [0.29, 0.717) is 21.7 Å². The molecule has 0 amide bonds. The zero-order chi connectivity index (χ0) is 25.9. The van der Waals surface area contributed by atoms with Crippen LogP contribution < -0.4 is 16.2 Å². The van der Waals surface area contributed by atoms with Gasteiger partial charge in [0, 0.05) is 34.3 Å². The lowest BCUT2D eigenvalue weighted by Gasteiger charge is -2.23. The van der Waals surface area contributed by atoms with Crippen molar-refractivity contribution in [3.8, 4) is 27.7 Å². The van der Waals surface area contributed by atoms with Gasteiger partial charge < -0.3 is 21.3 Å². The number of aliphatic carboxylic acids is 1. The quantitative estimate of drug-likeness (QED) is 0.312. The third kappa shape index (κ3) is 5.78. The van der Waals surface area contributed by atoms with Crippen molar-refractivity contribution in [2.24, 2.45) is 5.73 Å². The molecule has 5 N–H and O–H groups in total. The van der Waals surface area contributed by atoms with E-state index in [1.165, 1.54) is 35.7 Å². The Hall–Kier alpha value is -4.03. The molecule has 0 saturated heterocycles. The second kappa shape index (κ2) is 10.3. The number of hydrogen-bond donors (Lipinski definition) is 3. The molecule has 0 bridgehead atoms. The number of nitrogens with zero attached hydrogens (tertiary/aromatic N) is 3. The van der Waals surface area contributed by atoms with Crippen LogP contribution in [0.3, 0.4) is 0 Å². The van der Waals surface area contributed by atoms with Crippen molar-refractivity contribution >= 4 is 23.3 Å². The van der Waals surface area contributed by atoms with Gasteiger partial charge in [-0.15, -0.1) is 11.3 Å². The van der Waals surface area contributed by atoms with Gasteiger partial charge in [0.2, 0.25) is 17.9 Å². The summed E-state index contributed by atoms with van der Waals surface area (Å²) in [4.78, 5) is 23.1. The van der Waals surface area contributed by atoms with Crippen molar-refractivity contribution in [1.82, 2.24) is 15.0 Å². The Morgan fingerprint density at radius 3 is 2.47 bits per heavy atom. The summed E-state index contributed by atoms with van der Waals surface area (Å²) in [6.07, 6.45) is -5.47. The van der Waals surface area contributed by atoms with E-state index in [-0.39, 0.29) is 29.5 Å². The molecule has 0 saturated carbocycles. The maximum atomic E-state index is 14.2. The number of hydrogen-bond acceptors (Lipinski definition) is 8. The number of anilines is 1. The number of ether oxygens (including phenoxy) is 1. The molecule has 4 rings (SSSR count). The molecule has 2 aromatic heterocycles. The summed E-state index contributed by atoms with van der Waals surface area (Å²) >= 11 is 1.21. The minimum absolute atomic E-state index is 0.113. The Labute approximate surface area is 207 Å². The van der Waals surface area contributed by atoms with Crippen LogP contribution in [-0.4, -0.2) is 38.2 Å².